The van der Waals surface area contributed by atoms with Crippen LogP contribution in [0.5, 0.6) is 0 Å². The normalized spacial score (nSPS) is 14.8. The maximum Gasteiger partial charge on any atom is 0.412 e. The fraction of sp³-hybridized carbons (Fsp3) is 0.538. The second-order valence-electron chi connectivity index (χ2n) is 4.85. The van der Waals surface area contributed by atoms with Gasteiger partial charge in [-0.15, -0.1) is 11.6 Å². The van der Waals surface area contributed by atoms with Gasteiger partial charge < -0.3 is 10.5 Å². The molecule has 1 amide bonds. The van der Waals surface area contributed by atoms with Crippen molar-refractivity contribution in [3.8, 4) is 0 Å². The van der Waals surface area contributed by atoms with Crippen LogP contribution in [0.4, 0.5) is 4.79 Å². The average Bonchev–Trinajstić information content (AvgIpc) is 2.27. The highest BCUT2D eigenvalue weighted by atomic mass is 35.5. The Morgan fingerprint density at radius 3 is 2.42 bits per heavy atom. The minimum Gasteiger partial charge on any atom is -0.444 e. The van der Waals surface area contributed by atoms with E-state index in [-0.39, 0.29) is 11.3 Å². The number of carbonyl (C=O) groups is 2. The Labute approximate surface area is 118 Å². The van der Waals surface area contributed by atoms with E-state index < -0.39 is 17.1 Å². The van der Waals surface area contributed by atoms with Gasteiger partial charge in [-0.2, -0.15) is 0 Å². The highest BCUT2D eigenvalue weighted by Crippen LogP contribution is 2.16. The molecule has 0 aromatic carbocycles. The number of alkyl carbamates (subject to hydrolysis) is 1. The van der Waals surface area contributed by atoms with Crippen molar-refractivity contribution in [3.05, 3.63) is 23.5 Å². The Hall–Kier alpha value is -1.49. The zero-order chi connectivity index (χ0) is 15.1. The van der Waals surface area contributed by atoms with E-state index >= 15 is 0 Å². The molecule has 0 saturated heterocycles. The molecular formula is C13H21ClN2O3. The third-order valence-electron chi connectivity index (χ3n) is 2.03. The largest absolute Gasteiger partial charge is 0.444 e. The monoisotopic (exact) mass is 288 g/mol. The number of ether oxygens (including phenoxy) is 1. The van der Waals surface area contributed by atoms with Gasteiger partial charge in [0.2, 0.25) is 0 Å². The van der Waals surface area contributed by atoms with Gasteiger partial charge in [0.15, 0.2) is 0 Å². The molecule has 1 atom stereocenters. The van der Waals surface area contributed by atoms with Crippen LogP contribution in [0, 0.1) is 0 Å². The third-order valence-corrected chi connectivity index (χ3v) is 2.58. The SMILES string of the molecule is CC[C@H](Cl)/C(C=O)=C(\C=C/N)NC(=O)OC(C)(C)C. The van der Waals surface area contributed by atoms with Gasteiger partial charge in [-0.05, 0) is 39.5 Å². The maximum absolute atomic E-state index is 11.7. The minimum atomic E-state index is -0.667. The van der Waals surface area contributed by atoms with Crippen molar-refractivity contribution in [1.29, 1.82) is 0 Å². The molecule has 0 aromatic heterocycles. The molecule has 0 spiro atoms. The molecule has 0 heterocycles. The van der Waals surface area contributed by atoms with Crippen molar-refractivity contribution >= 4 is 24.0 Å². The van der Waals surface area contributed by atoms with Crippen LogP contribution in [-0.4, -0.2) is 23.4 Å². The highest BCUT2D eigenvalue weighted by Gasteiger charge is 2.19. The lowest BCUT2D eigenvalue weighted by molar-refractivity contribution is -0.105. The number of halogens is 1. The van der Waals surface area contributed by atoms with Crippen LogP contribution in [0.15, 0.2) is 23.5 Å². The number of nitrogens with one attached hydrogen (secondary N) is 1. The van der Waals surface area contributed by atoms with Crippen molar-refractivity contribution in [2.45, 2.75) is 45.1 Å². The summed E-state index contributed by atoms with van der Waals surface area (Å²) in [4.78, 5) is 22.8. The third kappa shape index (κ3) is 6.86. The Morgan fingerprint density at radius 1 is 1.47 bits per heavy atom. The van der Waals surface area contributed by atoms with Gasteiger partial charge >= 0.3 is 6.09 Å². The van der Waals surface area contributed by atoms with Gasteiger partial charge in [0.25, 0.3) is 0 Å². The first-order valence-corrected chi connectivity index (χ1v) is 6.40. The lowest BCUT2D eigenvalue weighted by atomic mass is 10.1. The van der Waals surface area contributed by atoms with E-state index in [1.807, 2.05) is 6.92 Å². The molecule has 5 nitrogen and oxygen atoms in total. The summed E-state index contributed by atoms with van der Waals surface area (Å²) in [5.74, 6) is 0. The van der Waals surface area contributed by atoms with E-state index in [2.05, 4.69) is 5.32 Å². The molecule has 0 bridgehead atoms. The van der Waals surface area contributed by atoms with Crippen molar-refractivity contribution < 1.29 is 14.3 Å². The lowest BCUT2D eigenvalue weighted by Crippen LogP contribution is -2.33. The van der Waals surface area contributed by atoms with Gasteiger partial charge in [0.1, 0.15) is 11.9 Å². The fourth-order valence-electron chi connectivity index (χ4n) is 1.25. The molecule has 0 unspecified atom stereocenters. The molecule has 19 heavy (non-hydrogen) atoms. The summed E-state index contributed by atoms with van der Waals surface area (Å²) in [6.45, 7) is 7.06. The summed E-state index contributed by atoms with van der Waals surface area (Å²) < 4.78 is 5.10. The number of allylic oxidation sites excluding steroid dienone is 2. The Bertz CT molecular complexity index is 384. The minimum absolute atomic E-state index is 0.244. The molecule has 6 heteroatoms. The number of alkyl halides is 1. The van der Waals surface area contributed by atoms with Crippen LogP contribution in [0.25, 0.3) is 0 Å². The van der Waals surface area contributed by atoms with Crippen LogP contribution in [0.1, 0.15) is 34.1 Å². The van der Waals surface area contributed by atoms with Crippen LogP contribution in [-0.2, 0) is 9.53 Å². The highest BCUT2D eigenvalue weighted by molar-refractivity contribution is 6.24. The molecule has 0 aromatic rings. The van der Waals surface area contributed by atoms with Gasteiger partial charge in [-0.1, -0.05) is 6.92 Å². The van der Waals surface area contributed by atoms with E-state index in [4.69, 9.17) is 22.1 Å². The number of hydrogen-bond donors (Lipinski definition) is 2. The molecule has 108 valence electrons. The molecule has 0 aliphatic heterocycles. The molecule has 0 fully saturated rings. The van der Waals surface area contributed by atoms with E-state index in [0.29, 0.717) is 12.7 Å². The van der Waals surface area contributed by atoms with Crippen molar-refractivity contribution in [3.63, 3.8) is 0 Å². The summed E-state index contributed by atoms with van der Waals surface area (Å²) in [7, 11) is 0. The van der Waals surface area contributed by atoms with Gasteiger partial charge in [-0.25, -0.2) is 4.79 Å². The van der Waals surface area contributed by atoms with Gasteiger partial charge in [0, 0.05) is 5.57 Å². The molecule has 3 N–H and O–H groups in total. The van der Waals surface area contributed by atoms with Crippen LogP contribution in [0.3, 0.4) is 0 Å². The van der Waals surface area contributed by atoms with Crippen LogP contribution >= 0.6 is 11.6 Å². The molecule has 0 rings (SSSR count). The van der Waals surface area contributed by atoms with Gasteiger partial charge in [-0.3, -0.25) is 10.1 Å². The summed E-state index contributed by atoms with van der Waals surface area (Å²) in [6, 6.07) is 0. The zero-order valence-corrected chi connectivity index (χ0v) is 12.5. The van der Waals surface area contributed by atoms with Crippen molar-refractivity contribution in [1.82, 2.24) is 5.32 Å². The molecular weight excluding hydrogens is 268 g/mol. The smallest absolute Gasteiger partial charge is 0.412 e. The fourth-order valence-corrected chi connectivity index (χ4v) is 1.41. The zero-order valence-electron chi connectivity index (χ0n) is 11.7. The van der Waals surface area contributed by atoms with Crippen LogP contribution in [0.2, 0.25) is 0 Å². The van der Waals surface area contributed by atoms with E-state index in [1.54, 1.807) is 20.8 Å². The second kappa shape index (κ2) is 7.84. The number of amides is 1. The maximum atomic E-state index is 11.7. The summed E-state index contributed by atoms with van der Waals surface area (Å²) in [5.41, 5.74) is 5.17. The van der Waals surface area contributed by atoms with E-state index in [1.165, 1.54) is 12.3 Å². The quantitative estimate of drug-likeness (QED) is 0.352. The number of rotatable bonds is 5. The standard InChI is InChI=1S/C13H21ClN2O3/c1-5-10(14)9(8-17)11(6-7-15)16-12(18)19-13(2,3)4/h6-8,10H,5,15H2,1-4H3,(H,16,18)/b7-6-,11-9+/t10-/m0/s1. The Morgan fingerprint density at radius 2 is 2.05 bits per heavy atom. The molecule has 0 aliphatic rings. The Balaban J connectivity index is 5.16. The number of aldehydes is 1. The average molecular weight is 289 g/mol. The predicted octanol–water partition coefficient (Wildman–Crippen LogP) is 2.45. The predicted molar refractivity (Wildman–Crippen MR) is 75.7 cm³/mol. The molecule has 0 aliphatic carbocycles. The summed E-state index contributed by atoms with van der Waals surface area (Å²) in [6.07, 6.45) is 3.11. The van der Waals surface area contributed by atoms with Crippen molar-refractivity contribution in [2.24, 2.45) is 5.73 Å². The molecule has 0 saturated carbocycles. The number of nitrogens with two attached hydrogens (primary N) is 1. The molecule has 0 radical (unpaired) electrons. The van der Waals surface area contributed by atoms with Gasteiger partial charge in [0.05, 0.1) is 11.1 Å². The number of hydrogen-bond acceptors (Lipinski definition) is 4. The van der Waals surface area contributed by atoms with E-state index in [0.717, 1.165) is 0 Å². The summed E-state index contributed by atoms with van der Waals surface area (Å²) in [5, 5.41) is 1.98. The second-order valence-corrected chi connectivity index (χ2v) is 5.38. The first-order valence-electron chi connectivity index (χ1n) is 5.96. The summed E-state index contributed by atoms with van der Waals surface area (Å²) >= 11 is 6.02. The lowest BCUT2D eigenvalue weighted by Gasteiger charge is -2.20. The number of carbonyl (C=O) groups excluding carboxylic acids is 2. The Kier molecular flexibility index (Phi) is 7.22. The van der Waals surface area contributed by atoms with Crippen LogP contribution < -0.4 is 11.1 Å². The van der Waals surface area contributed by atoms with E-state index in [9.17, 15) is 9.59 Å². The van der Waals surface area contributed by atoms with Crippen molar-refractivity contribution in [2.75, 3.05) is 0 Å². The first-order chi connectivity index (χ1) is 8.75. The first kappa shape index (κ1) is 17.5. The topological polar surface area (TPSA) is 81.4 Å².